The predicted molar refractivity (Wildman–Crippen MR) is 96.6 cm³/mol. The van der Waals surface area contributed by atoms with E-state index in [1.165, 1.54) is 16.7 Å². The SMILES string of the molecule is COc1ccccc1C1SCC(=O)N1C(Cc1ccccc1)C(=O)O. The van der Waals surface area contributed by atoms with Crippen molar-refractivity contribution in [2.75, 3.05) is 12.9 Å². The molecule has 6 heteroatoms. The van der Waals surface area contributed by atoms with Gasteiger partial charge < -0.3 is 14.7 Å². The number of nitrogens with zero attached hydrogens (tertiary/aromatic N) is 1. The fourth-order valence-corrected chi connectivity index (χ4v) is 4.27. The van der Waals surface area contributed by atoms with E-state index >= 15 is 0 Å². The highest BCUT2D eigenvalue weighted by Gasteiger charge is 2.41. The zero-order valence-electron chi connectivity index (χ0n) is 13.8. The first-order valence-corrected chi connectivity index (χ1v) is 8.99. The number of amides is 1. The molecule has 0 radical (unpaired) electrons. The molecule has 1 saturated heterocycles. The molecule has 1 aliphatic heterocycles. The number of benzene rings is 2. The van der Waals surface area contributed by atoms with Gasteiger partial charge in [0.25, 0.3) is 0 Å². The zero-order valence-corrected chi connectivity index (χ0v) is 14.6. The molecule has 2 aromatic rings. The van der Waals surface area contributed by atoms with Gasteiger partial charge in [0.2, 0.25) is 5.91 Å². The number of rotatable bonds is 6. The van der Waals surface area contributed by atoms with Gasteiger partial charge in [0.15, 0.2) is 0 Å². The highest BCUT2D eigenvalue weighted by atomic mass is 32.2. The first kappa shape index (κ1) is 17.4. The number of carboxylic acid groups (broad SMARTS) is 1. The van der Waals surface area contributed by atoms with E-state index in [2.05, 4.69) is 0 Å². The molecule has 1 N–H and O–H groups in total. The number of carboxylic acids is 1. The Morgan fingerprint density at radius 3 is 2.60 bits per heavy atom. The first-order valence-electron chi connectivity index (χ1n) is 7.94. The molecule has 0 spiro atoms. The van der Waals surface area contributed by atoms with Crippen molar-refractivity contribution in [3.05, 3.63) is 65.7 Å². The average molecular weight is 357 g/mol. The summed E-state index contributed by atoms with van der Waals surface area (Å²) in [6.07, 6.45) is 0.272. The molecule has 1 amide bonds. The minimum Gasteiger partial charge on any atom is -0.496 e. The number of aliphatic carboxylic acids is 1. The van der Waals surface area contributed by atoms with Gasteiger partial charge in [0.1, 0.15) is 17.2 Å². The molecule has 25 heavy (non-hydrogen) atoms. The first-order chi connectivity index (χ1) is 12.1. The Morgan fingerprint density at radius 1 is 1.24 bits per heavy atom. The Balaban J connectivity index is 1.95. The number of hydrogen-bond acceptors (Lipinski definition) is 4. The third-order valence-electron chi connectivity index (χ3n) is 4.20. The summed E-state index contributed by atoms with van der Waals surface area (Å²) in [5.74, 6) is -0.242. The standard InChI is InChI=1S/C19H19NO4S/c1-24-16-10-6-5-9-14(16)18-20(17(21)12-25-18)15(19(22)23)11-13-7-3-2-4-8-13/h2-10,15,18H,11-12H2,1H3,(H,22,23). The minimum absolute atomic E-state index is 0.163. The maximum atomic E-state index is 12.5. The topological polar surface area (TPSA) is 66.8 Å². The fourth-order valence-electron chi connectivity index (χ4n) is 3.03. The Bertz CT molecular complexity index is 765. The maximum absolute atomic E-state index is 12.5. The van der Waals surface area contributed by atoms with Gasteiger partial charge in [-0.3, -0.25) is 4.79 Å². The summed E-state index contributed by atoms with van der Waals surface area (Å²) in [6, 6.07) is 15.9. The maximum Gasteiger partial charge on any atom is 0.326 e. The third kappa shape index (κ3) is 3.64. The van der Waals surface area contributed by atoms with E-state index in [0.717, 1.165) is 11.1 Å². The van der Waals surface area contributed by atoms with Gasteiger partial charge in [0.05, 0.1) is 12.9 Å². The average Bonchev–Trinajstić information content (AvgIpc) is 3.01. The van der Waals surface area contributed by atoms with E-state index in [-0.39, 0.29) is 23.5 Å². The lowest BCUT2D eigenvalue weighted by Gasteiger charge is -2.31. The number of ether oxygens (including phenoxy) is 1. The summed E-state index contributed by atoms with van der Waals surface area (Å²) in [7, 11) is 1.57. The van der Waals surface area contributed by atoms with E-state index in [1.54, 1.807) is 7.11 Å². The van der Waals surface area contributed by atoms with Crippen LogP contribution in [0.15, 0.2) is 54.6 Å². The van der Waals surface area contributed by atoms with Crippen LogP contribution in [0.4, 0.5) is 0 Å². The van der Waals surface area contributed by atoms with Crippen LogP contribution in [-0.2, 0) is 16.0 Å². The second-order valence-electron chi connectivity index (χ2n) is 5.75. The molecular weight excluding hydrogens is 338 g/mol. The van der Waals surface area contributed by atoms with E-state index in [9.17, 15) is 14.7 Å². The van der Waals surface area contributed by atoms with Crippen molar-refractivity contribution < 1.29 is 19.4 Å². The molecule has 2 atom stereocenters. The number of hydrogen-bond donors (Lipinski definition) is 1. The van der Waals surface area contributed by atoms with Gasteiger partial charge in [0, 0.05) is 12.0 Å². The molecule has 1 fully saturated rings. The molecule has 0 saturated carbocycles. The molecule has 0 aromatic heterocycles. The van der Waals surface area contributed by atoms with Gasteiger partial charge >= 0.3 is 5.97 Å². The van der Waals surface area contributed by atoms with Crippen LogP contribution in [-0.4, -0.2) is 40.8 Å². The Morgan fingerprint density at radius 2 is 1.92 bits per heavy atom. The van der Waals surface area contributed by atoms with E-state index < -0.39 is 12.0 Å². The van der Waals surface area contributed by atoms with Crippen molar-refractivity contribution in [1.29, 1.82) is 0 Å². The van der Waals surface area contributed by atoms with Crippen molar-refractivity contribution in [3.8, 4) is 5.75 Å². The summed E-state index contributed by atoms with van der Waals surface area (Å²) >= 11 is 1.43. The van der Waals surface area contributed by atoms with Crippen LogP contribution in [0.3, 0.4) is 0 Å². The van der Waals surface area contributed by atoms with E-state index in [1.807, 2.05) is 54.6 Å². The van der Waals surface area contributed by atoms with Crippen LogP contribution in [0.2, 0.25) is 0 Å². The monoisotopic (exact) mass is 357 g/mol. The van der Waals surface area contributed by atoms with E-state index in [4.69, 9.17) is 4.74 Å². The third-order valence-corrected chi connectivity index (χ3v) is 5.41. The number of para-hydroxylation sites is 1. The predicted octanol–water partition coefficient (Wildman–Crippen LogP) is 2.97. The summed E-state index contributed by atoms with van der Waals surface area (Å²) in [5.41, 5.74) is 1.71. The number of carbonyl (C=O) groups excluding carboxylic acids is 1. The largest absolute Gasteiger partial charge is 0.496 e. The fraction of sp³-hybridized carbons (Fsp3) is 0.263. The molecule has 2 aromatic carbocycles. The molecule has 3 rings (SSSR count). The van der Waals surface area contributed by atoms with Gasteiger partial charge in [-0.15, -0.1) is 11.8 Å². The van der Waals surface area contributed by atoms with Crippen LogP contribution >= 0.6 is 11.8 Å². The van der Waals surface area contributed by atoms with Gasteiger partial charge in [-0.05, 0) is 11.6 Å². The summed E-state index contributed by atoms with van der Waals surface area (Å²) in [5, 5.41) is 9.40. The lowest BCUT2D eigenvalue weighted by molar-refractivity contribution is -0.149. The molecule has 5 nitrogen and oxygen atoms in total. The van der Waals surface area contributed by atoms with Crippen LogP contribution in [0.25, 0.3) is 0 Å². The highest BCUT2D eigenvalue weighted by Crippen LogP contribution is 2.43. The molecule has 0 aliphatic carbocycles. The van der Waals surface area contributed by atoms with Crippen LogP contribution < -0.4 is 4.74 Å². The van der Waals surface area contributed by atoms with Crippen molar-refractivity contribution in [3.63, 3.8) is 0 Å². The number of thioether (sulfide) groups is 1. The molecule has 1 aliphatic rings. The summed E-state index contributed by atoms with van der Waals surface area (Å²) < 4.78 is 5.40. The lowest BCUT2D eigenvalue weighted by atomic mass is 10.0. The molecular formula is C19H19NO4S. The molecule has 0 bridgehead atoms. The minimum atomic E-state index is -1.00. The Hall–Kier alpha value is -2.47. The summed E-state index contributed by atoms with van der Waals surface area (Å²) in [6.45, 7) is 0. The molecule has 2 unspecified atom stereocenters. The smallest absolute Gasteiger partial charge is 0.326 e. The number of methoxy groups -OCH3 is 1. The second kappa shape index (κ2) is 7.61. The second-order valence-corrected chi connectivity index (χ2v) is 6.82. The van der Waals surface area contributed by atoms with Crippen molar-refractivity contribution in [2.24, 2.45) is 0 Å². The zero-order chi connectivity index (χ0) is 17.8. The molecule has 1 heterocycles. The van der Waals surface area contributed by atoms with Gasteiger partial charge in [-0.25, -0.2) is 4.79 Å². The van der Waals surface area contributed by atoms with Gasteiger partial charge in [-0.2, -0.15) is 0 Å². The van der Waals surface area contributed by atoms with Crippen LogP contribution in [0.5, 0.6) is 5.75 Å². The van der Waals surface area contributed by atoms with Crippen LogP contribution in [0.1, 0.15) is 16.5 Å². The van der Waals surface area contributed by atoms with E-state index in [0.29, 0.717) is 5.75 Å². The van der Waals surface area contributed by atoms with Crippen LogP contribution in [0, 0.1) is 0 Å². The Kier molecular flexibility index (Phi) is 5.28. The van der Waals surface area contributed by atoms with Crippen molar-refractivity contribution in [2.45, 2.75) is 17.8 Å². The molecule has 130 valence electrons. The summed E-state index contributed by atoms with van der Waals surface area (Å²) in [4.78, 5) is 25.9. The van der Waals surface area contributed by atoms with Crippen molar-refractivity contribution >= 4 is 23.6 Å². The quantitative estimate of drug-likeness (QED) is 0.861. The normalized spacial score (nSPS) is 18.2. The number of carbonyl (C=O) groups is 2. The highest BCUT2D eigenvalue weighted by molar-refractivity contribution is 8.00. The Labute approximate surface area is 150 Å². The van der Waals surface area contributed by atoms with Gasteiger partial charge in [-0.1, -0.05) is 48.5 Å². The lowest BCUT2D eigenvalue weighted by Crippen LogP contribution is -2.45. The van der Waals surface area contributed by atoms with Crippen molar-refractivity contribution in [1.82, 2.24) is 4.90 Å².